The highest BCUT2D eigenvalue weighted by Gasteiger charge is 2.25. The van der Waals surface area contributed by atoms with Crippen molar-refractivity contribution in [2.75, 3.05) is 61.4 Å². The van der Waals surface area contributed by atoms with Crippen molar-refractivity contribution in [3.05, 3.63) is 41.6 Å². The fraction of sp³-hybridized carbons (Fsp3) is 0.478. The van der Waals surface area contributed by atoms with Crippen molar-refractivity contribution < 1.29 is 13.6 Å². The molecule has 0 unspecified atom stereocenters. The van der Waals surface area contributed by atoms with Gasteiger partial charge in [-0.2, -0.15) is 5.26 Å². The molecule has 164 valence electrons. The summed E-state index contributed by atoms with van der Waals surface area (Å²) in [4.78, 5) is 19.2. The summed E-state index contributed by atoms with van der Waals surface area (Å²) < 4.78 is 20.4. The molecule has 7 nitrogen and oxygen atoms in total. The predicted molar refractivity (Wildman–Crippen MR) is 118 cm³/mol. The van der Waals surface area contributed by atoms with E-state index in [9.17, 15) is 4.79 Å². The van der Waals surface area contributed by atoms with Crippen LogP contribution in [-0.4, -0.2) is 57.1 Å². The quantitative estimate of drug-likeness (QED) is 0.808. The van der Waals surface area contributed by atoms with Gasteiger partial charge in [-0.05, 0) is 44.0 Å². The summed E-state index contributed by atoms with van der Waals surface area (Å²) in [6.07, 6.45) is 2.11. The molecule has 0 spiro atoms. The number of carbonyl (C=O) groups is 1. The fourth-order valence-electron chi connectivity index (χ4n) is 4.16. The number of carbonyl (C=O) groups excluding carboxylic acids is 1. The van der Waals surface area contributed by atoms with Gasteiger partial charge in [0.05, 0.1) is 17.1 Å². The number of nitrogens with zero attached hydrogens (tertiary/aromatic N) is 4. The number of rotatable bonds is 4. The highest BCUT2D eigenvalue weighted by molar-refractivity contribution is 6.04. The van der Waals surface area contributed by atoms with Crippen LogP contribution in [0.15, 0.2) is 28.7 Å². The lowest BCUT2D eigenvalue weighted by atomic mass is 9.98. The number of hydrogen-bond acceptors (Lipinski definition) is 6. The molecule has 4 rings (SSSR count). The molecule has 0 atom stereocenters. The number of amides is 1. The van der Waals surface area contributed by atoms with Crippen molar-refractivity contribution in [1.82, 2.24) is 4.90 Å². The highest BCUT2D eigenvalue weighted by atomic mass is 19.1. The lowest BCUT2D eigenvalue weighted by Crippen LogP contribution is -2.45. The minimum absolute atomic E-state index is 0.0262. The molecule has 1 N–H and O–H groups in total. The van der Waals surface area contributed by atoms with Crippen molar-refractivity contribution in [2.24, 2.45) is 5.92 Å². The second-order valence-corrected chi connectivity index (χ2v) is 8.51. The van der Waals surface area contributed by atoms with Crippen LogP contribution < -0.4 is 15.1 Å². The summed E-state index contributed by atoms with van der Waals surface area (Å²) in [5.41, 5.74) is 1.82. The number of anilines is 3. The van der Waals surface area contributed by atoms with E-state index in [2.05, 4.69) is 34.0 Å². The molecule has 8 heteroatoms. The summed E-state index contributed by atoms with van der Waals surface area (Å²) in [7, 11) is 2.07. The van der Waals surface area contributed by atoms with Gasteiger partial charge >= 0.3 is 0 Å². The van der Waals surface area contributed by atoms with Crippen LogP contribution in [0.4, 0.5) is 21.5 Å². The molecule has 0 radical (unpaired) electrons. The third-order valence-corrected chi connectivity index (χ3v) is 6.22. The summed E-state index contributed by atoms with van der Waals surface area (Å²) in [6, 6.07) is 8.04. The number of piperidine rings is 1. The third kappa shape index (κ3) is 4.67. The molecule has 0 aliphatic carbocycles. The number of halogens is 1. The molecular formula is C23H28FN5O2. The van der Waals surface area contributed by atoms with Crippen LogP contribution in [0.1, 0.15) is 36.1 Å². The maximum atomic E-state index is 15.2. The minimum atomic E-state index is -0.500. The molecule has 2 aliphatic rings. The van der Waals surface area contributed by atoms with Crippen LogP contribution in [-0.2, 0) is 0 Å². The largest absolute Gasteiger partial charge is 0.440 e. The van der Waals surface area contributed by atoms with E-state index in [1.54, 1.807) is 0 Å². The molecule has 31 heavy (non-hydrogen) atoms. The van der Waals surface area contributed by atoms with Crippen molar-refractivity contribution >= 4 is 23.0 Å². The fourth-order valence-corrected chi connectivity index (χ4v) is 4.16. The van der Waals surface area contributed by atoms with Gasteiger partial charge in [-0.3, -0.25) is 4.79 Å². The highest BCUT2D eigenvalue weighted by Crippen LogP contribution is 2.36. The molecule has 2 aliphatic heterocycles. The standard InChI is InChI=1S/C23H28FN5O2/c1-16-5-7-28(8-6-16)21-14-20(29-11-9-27(2)10-12-29)18(24)13-19(21)26-23(30)22-4-3-17(15-25)31-22/h3-4,13-14,16H,5-12H2,1-2H3,(H,26,30). The van der Waals surface area contributed by atoms with Gasteiger partial charge in [0.1, 0.15) is 11.9 Å². The van der Waals surface area contributed by atoms with E-state index in [0.717, 1.165) is 57.8 Å². The van der Waals surface area contributed by atoms with E-state index in [4.69, 9.17) is 9.68 Å². The van der Waals surface area contributed by atoms with Crippen LogP contribution >= 0.6 is 0 Å². The van der Waals surface area contributed by atoms with Crippen LogP contribution in [0.5, 0.6) is 0 Å². The SMILES string of the molecule is CC1CCN(c2cc(N3CCN(C)CC3)c(F)cc2NC(=O)c2ccc(C#N)o2)CC1. The number of furan rings is 1. The summed E-state index contributed by atoms with van der Waals surface area (Å²) in [5.74, 6) is -0.115. The first-order valence-electron chi connectivity index (χ1n) is 10.8. The average Bonchev–Trinajstić information content (AvgIpc) is 3.25. The zero-order valence-electron chi connectivity index (χ0n) is 18.0. The maximum Gasteiger partial charge on any atom is 0.291 e. The number of hydrogen-bond donors (Lipinski definition) is 1. The van der Waals surface area contributed by atoms with Crippen LogP contribution in [0.3, 0.4) is 0 Å². The topological polar surface area (TPSA) is 75.8 Å². The normalized spacial score (nSPS) is 18.1. The summed E-state index contributed by atoms with van der Waals surface area (Å²) in [6.45, 7) is 7.25. The lowest BCUT2D eigenvalue weighted by molar-refractivity contribution is 0.0996. The van der Waals surface area contributed by atoms with E-state index in [1.165, 1.54) is 18.2 Å². The zero-order valence-corrected chi connectivity index (χ0v) is 18.0. The lowest BCUT2D eigenvalue weighted by Gasteiger charge is -2.37. The summed E-state index contributed by atoms with van der Waals surface area (Å²) >= 11 is 0. The molecule has 1 amide bonds. The Bertz CT molecular complexity index is 982. The Kier molecular flexibility index (Phi) is 6.14. The predicted octanol–water partition coefficient (Wildman–Crippen LogP) is 3.53. The smallest absolute Gasteiger partial charge is 0.291 e. The van der Waals surface area contributed by atoms with Gasteiger partial charge in [0.25, 0.3) is 5.91 Å². The van der Waals surface area contributed by atoms with Crippen LogP contribution in [0.25, 0.3) is 0 Å². The van der Waals surface area contributed by atoms with Gasteiger partial charge in [0, 0.05) is 45.3 Å². The van der Waals surface area contributed by atoms with Gasteiger partial charge in [0.2, 0.25) is 5.76 Å². The van der Waals surface area contributed by atoms with E-state index < -0.39 is 5.91 Å². The molecule has 1 aromatic heterocycles. The van der Waals surface area contributed by atoms with Crippen molar-refractivity contribution in [3.8, 4) is 6.07 Å². The Labute approximate surface area is 182 Å². The number of benzene rings is 1. The first-order valence-corrected chi connectivity index (χ1v) is 10.8. The molecule has 3 heterocycles. The van der Waals surface area contributed by atoms with E-state index in [1.807, 2.05) is 12.1 Å². The van der Waals surface area contributed by atoms with Crippen LogP contribution in [0, 0.1) is 23.1 Å². The van der Waals surface area contributed by atoms with E-state index in [0.29, 0.717) is 17.3 Å². The Morgan fingerprint density at radius 1 is 1.10 bits per heavy atom. The van der Waals surface area contributed by atoms with Gasteiger partial charge in [-0.25, -0.2) is 4.39 Å². The Balaban J connectivity index is 1.65. The number of piperazine rings is 1. The average molecular weight is 426 g/mol. The monoisotopic (exact) mass is 425 g/mol. The molecule has 1 aromatic carbocycles. The second-order valence-electron chi connectivity index (χ2n) is 8.51. The Morgan fingerprint density at radius 3 is 2.42 bits per heavy atom. The first kappa shape index (κ1) is 21.2. The van der Waals surface area contributed by atoms with Gasteiger partial charge in [-0.15, -0.1) is 0 Å². The van der Waals surface area contributed by atoms with Crippen LogP contribution in [0.2, 0.25) is 0 Å². The zero-order chi connectivity index (χ0) is 22.0. The van der Waals surface area contributed by atoms with Gasteiger partial charge in [-0.1, -0.05) is 6.92 Å². The van der Waals surface area contributed by atoms with E-state index >= 15 is 4.39 Å². The second kappa shape index (κ2) is 8.98. The molecule has 0 saturated carbocycles. The van der Waals surface area contributed by atoms with Gasteiger partial charge in [0.15, 0.2) is 5.76 Å². The minimum Gasteiger partial charge on any atom is -0.440 e. The number of nitriles is 1. The first-order chi connectivity index (χ1) is 14.9. The van der Waals surface area contributed by atoms with Crippen molar-refractivity contribution in [1.29, 1.82) is 5.26 Å². The maximum absolute atomic E-state index is 15.2. The Morgan fingerprint density at radius 2 is 1.77 bits per heavy atom. The Hall–Kier alpha value is -3.05. The number of likely N-dealkylation sites (N-methyl/N-ethyl adjacent to an activating group) is 1. The van der Waals surface area contributed by atoms with Crippen molar-refractivity contribution in [3.63, 3.8) is 0 Å². The van der Waals surface area contributed by atoms with E-state index in [-0.39, 0.29) is 17.3 Å². The molecule has 2 saturated heterocycles. The molecule has 0 bridgehead atoms. The summed E-state index contributed by atoms with van der Waals surface area (Å²) in [5, 5.41) is 11.7. The third-order valence-electron chi connectivity index (χ3n) is 6.22. The molecule has 2 fully saturated rings. The number of nitrogens with one attached hydrogen (secondary N) is 1. The molecule has 2 aromatic rings. The van der Waals surface area contributed by atoms with Crippen molar-refractivity contribution in [2.45, 2.75) is 19.8 Å². The van der Waals surface area contributed by atoms with Gasteiger partial charge < -0.3 is 24.4 Å². The molecular weight excluding hydrogens is 397 g/mol.